The predicted octanol–water partition coefficient (Wildman–Crippen LogP) is 19.8. The summed E-state index contributed by atoms with van der Waals surface area (Å²) in [6.45, 7) is 9.31. The molecule has 16 rings (SSSR count). The van der Waals surface area contributed by atoms with E-state index in [1.165, 1.54) is 74.0 Å². The van der Waals surface area contributed by atoms with Crippen LogP contribution in [0.2, 0.25) is 0 Å². The van der Waals surface area contributed by atoms with E-state index in [9.17, 15) is 48.4 Å². The zero-order valence-electron chi connectivity index (χ0n) is 76.9. The van der Waals surface area contributed by atoms with E-state index in [4.69, 9.17) is 47.0 Å². The molecule has 4 aliphatic rings. The average Bonchev–Trinajstić information content (AvgIpc) is 1.64. The molecule has 4 amide bonds. The summed E-state index contributed by atoms with van der Waals surface area (Å²) in [5, 5.41) is 52.3. The monoisotopic (exact) mass is 1820 g/mol. The van der Waals surface area contributed by atoms with Gasteiger partial charge in [0.25, 0.3) is 0 Å². The minimum absolute atomic E-state index is 0.0491. The number of furan rings is 1. The van der Waals surface area contributed by atoms with Gasteiger partial charge in [-0.25, -0.2) is 8.78 Å². The predicted molar refractivity (Wildman–Crippen MR) is 516 cm³/mol. The summed E-state index contributed by atoms with van der Waals surface area (Å²) in [6, 6.07) is 53.0. The Balaban J connectivity index is 0.000000153. The third-order valence-electron chi connectivity index (χ3n) is 23.3. The van der Waals surface area contributed by atoms with E-state index in [2.05, 4.69) is 36.2 Å². The number of benzene rings is 8. The van der Waals surface area contributed by atoms with Crippen LogP contribution in [0.1, 0.15) is 143 Å². The van der Waals surface area contributed by atoms with Crippen LogP contribution >= 0.6 is 0 Å². The fraction of sp³-hybridized carbons (Fsp3) is 0.194. The first-order valence-electron chi connectivity index (χ1n) is 42.9. The molecule has 0 saturated heterocycles. The number of phenolic OH excluding ortho intramolecular Hbond substituents is 4. The number of halogens is 2. The van der Waals surface area contributed by atoms with Gasteiger partial charge in [-0.3, -0.25) is 34.1 Å². The second kappa shape index (κ2) is 44.4. The third kappa shape index (κ3) is 22.9. The van der Waals surface area contributed by atoms with Gasteiger partial charge in [-0.15, -0.1) is 0 Å². The first-order valence-corrected chi connectivity index (χ1v) is 42.9. The van der Waals surface area contributed by atoms with Gasteiger partial charge in [0, 0.05) is 44.1 Å². The lowest BCUT2D eigenvalue weighted by Crippen LogP contribution is -2.23. The largest absolute Gasteiger partial charge is 0.504 e. The molecule has 135 heavy (non-hydrogen) atoms. The van der Waals surface area contributed by atoms with Crippen molar-refractivity contribution >= 4 is 92.5 Å². The Morgan fingerprint density at radius 2 is 0.689 bits per heavy atom. The van der Waals surface area contributed by atoms with Gasteiger partial charge in [0.1, 0.15) is 28.9 Å². The van der Waals surface area contributed by atoms with Gasteiger partial charge in [-0.2, -0.15) is 0 Å². The molecule has 4 aromatic heterocycles. The molecule has 692 valence electrons. The first kappa shape index (κ1) is 96.1. The molecule has 12 aromatic rings. The van der Waals surface area contributed by atoms with Crippen LogP contribution in [-0.2, 0) is 45.4 Å². The van der Waals surface area contributed by atoms with Crippen LogP contribution in [0.25, 0.3) is 68.9 Å². The highest BCUT2D eigenvalue weighted by Crippen LogP contribution is 2.51. The van der Waals surface area contributed by atoms with Gasteiger partial charge < -0.3 is 88.7 Å². The van der Waals surface area contributed by atoms with Crippen LogP contribution in [0, 0.1) is 11.6 Å². The molecule has 4 aliphatic carbocycles. The van der Waals surface area contributed by atoms with Gasteiger partial charge in [0.15, 0.2) is 46.0 Å². The highest BCUT2D eigenvalue weighted by molar-refractivity contribution is 6.12. The normalized spacial score (nSPS) is 13.7. The van der Waals surface area contributed by atoms with Crippen LogP contribution in [0.5, 0.6) is 74.7 Å². The third-order valence-corrected chi connectivity index (χ3v) is 23.3. The number of carbonyl (C=O) groups is 4. The number of hydrogen-bond acceptors (Lipinski definition) is 21. The van der Waals surface area contributed by atoms with Crippen molar-refractivity contribution in [2.24, 2.45) is 0 Å². The number of aromatic hydroxyl groups is 4. The van der Waals surface area contributed by atoms with Gasteiger partial charge in [-0.05, 0) is 330 Å². The summed E-state index contributed by atoms with van der Waals surface area (Å²) in [7, 11) is 13.6. The molecule has 25 nitrogen and oxygen atoms in total. The minimum atomic E-state index is -0.368. The Morgan fingerprint density at radius 1 is 0.341 bits per heavy atom. The summed E-state index contributed by atoms with van der Waals surface area (Å²) in [4.78, 5) is 63.4. The van der Waals surface area contributed by atoms with E-state index in [1.54, 1.807) is 118 Å². The maximum absolute atomic E-state index is 14.2. The molecule has 0 spiro atoms. The number of nitrogens with one attached hydrogen (secondary N) is 4. The number of ether oxygens (including phenoxy) is 9. The Morgan fingerprint density at radius 3 is 1.02 bits per heavy atom. The van der Waals surface area contributed by atoms with Crippen LogP contribution in [-0.4, -0.2) is 123 Å². The summed E-state index contributed by atoms with van der Waals surface area (Å²) in [6.07, 6.45) is 18.6. The molecule has 27 heteroatoms. The molecule has 0 radical (unpaired) electrons. The fourth-order valence-corrected chi connectivity index (χ4v) is 16.2. The van der Waals surface area contributed by atoms with Gasteiger partial charge in [-0.1, -0.05) is 48.5 Å². The van der Waals surface area contributed by atoms with Gasteiger partial charge >= 0.3 is 0 Å². The van der Waals surface area contributed by atoms with Crippen LogP contribution < -0.4 is 63.9 Å². The lowest BCUT2D eigenvalue weighted by atomic mass is 10.00. The number of carbonyl (C=O) groups excluding carboxylic acids is 4. The Kier molecular flexibility index (Phi) is 31.6. The molecule has 8 N–H and O–H groups in total. The average molecular weight is 1830 g/mol. The number of methoxy groups -OCH3 is 9. The highest BCUT2D eigenvalue weighted by atomic mass is 19.1. The smallest absolute Gasteiger partial charge is 0.224 e. The molecule has 0 unspecified atom stereocenters. The molecular weight excluding hydrogens is 1720 g/mol. The minimum Gasteiger partial charge on any atom is -0.504 e. The van der Waals surface area contributed by atoms with Crippen molar-refractivity contribution in [2.75, 3.05) is 64.0 Å². The fourth-order valence-electron chi connectivity index (χ4n) is 16.2. The molecule has 0 bridgehead atoms. The van der Waals surface area contributed by atoms with Crippen LogP contribution in [0.15, 0.2) is 246 Å². The van der Waals surface area contributed by atoms with Crippen molar-refractivity contribution in [1.29, 1.82) is 0 Å². The topological polar surface area (TPSA) is 332 Å². The van der Waals surface area contributed by atoms with Crippen molar-refractivity contribution in [1.82, 2.24) is 36.2 Å². The SMILES string of the molecule is COc1cc(/C=C2/C(C)=C(CC(=O)NCc3ccccn3)c3cc(F)ccc32)cc(OC)c1O.COc1cc(/C=C2/C(C)=C(CC(=O)NCc3cccnc3)c3cc(F)ccc32)cc(OC)c1O.COc1ccc2c(c1)C(CC(=O)NCc1cccnc1)=C(C)/C2=C/c1cc(OC)c(O)c(OC)c1.COc1ccc2c(c1)C(CC(=O)NCc1ccco1)=C(C)/C2=C/c1ccc(O)c(OC)c1. The maximum Gasteiger partial charge on any atom is 0.224 e. The molecule has 0 saturated carbocycles. The first-order chi connectivity index (χ1) is 65.2. The van der Waals surface area contributed by atoms with Crippen LogP contribution in [0.3, 0.4) is 0 Å². The number of fused-ring (bicyclic) bond motifs is 4. The van der Waals surface area contributed by atoms with Gasteiger partial charge in [0.2, 0.25) is 40.9 Å². The van der Waals surface area contributed by atoms with E-state index in [1.807, 2.05) is 143 Å². The van der Waals surface area contributed by atoms with Crippen molar-refractivity contribution in [3.63, 3.8) is 0 Å². The Bertz CT molecular complexity index is 6440. The quantitative estimate of drug-likeness (QED) is 0.0216. The number of amides is 4. The van der Waals surface area contributed by atoms with E-state index in [0.717, 1.165) is 151 Å². The number of hydrogen-bond donors (Lipinski definition) is 8. The van der Waals surface area contributed by atoms with Crippen molar-refractivity contribution in [2.45, 2.75) is 79.6 Å². The Labute approximate surface area is 780 Å². The van der Waals surface area contributed by atoms with Crippen molar-refractivity contribution in [3.8, 4) is 74.7 Å². The molecule has 4 heterocycles. The molecule has 0 aliphatic heterocycles. The second-order valence-electron chi connectivity index (χ2n) is 31.5. The Hall–Kier alpha value is -16.5. The molecule has 0 atom stereocenters. The van der Waals surface area contributed by atoms with E-state index < -0.39 is 0 Å². The summed E-state index contributed by atoms with van der Waals surface area (Å²) in [5.74, 6) is 2.96. The number of rotatable bonds is 29. The number of allylic oxidation sites excluding steroid dienone is 8. The van der Waals surface area contributed by atoms with Crippen molar-refractivity contribution < 1.29 is 95.4 Å². The van der Waals surface area contributed by atoms with Gasteiger partial charge in [0.05, 0.1) is 115 Å². The molecular formula is C108H103F2N7O18. The van der Waals surface area contributed by atoms with E-state index >= 15 is 0 Å². The summed E-state index contributed by atoms with van der Waals surface area (Å²) >= 11 is 0. The number of phenols is 4. The van der Waals surface area contributed by atoms with Crippen molar-refractivity contribution in [3.05, 3.63) is 343 Å². The lowest BCUT2D eigenvalue weighted by Gasteiger charge is -2.11. The van der Waals surface area contributed by atoms with Crippen LogP contribution in [0.4, 0.5) is 8.78 Å². The standard InChI is InChI=1S/C28H28N2O5.2C27H25FN2O4.C26H25NO5/c1-17-22(10-19-11-25(34-3)28(32)26(12-19)35-4)21-8-7-20(33-2)13-24(21)23(17)14-27(31)30-16-18-6-5-9-29-15-18;1-16-21(9-18-10-24(33-2)27(32)25(11-18)34-3)20-7-6-19(28)12-23(20)22(16)13-26(31)30-15-17-5-4-8-29-14-17;1-16-21(10-17-11-24(33-2)27(32)25(12-17)34-3)20-8-7-18(28)13-23(20)22(16)14-26(31)30-15-19-6-4-5-9-29-19;1-16-21(11-17-6-9-24(28)25(12-17)31-3)20-8-7-18(30-2)13-23(20)22(16)14-26(29)27-15-19-5-4-10-32-19/h5-13,15,32H,14,16H2,1-4H3,(H,30,31);4-12,14,32H,13,15H2,1-3H3,(H,30,31);4-13,32H,14-15H2,1-3H3,(H,30,31);4-13,28H,14-15H2,1-3H3,(H,27,29)/b22-10-;21-9-;21-10-;21-11-. The van der Waals surface area contributed by atoms with E-state index in [0.29, 0.717) is 60.3 Å². The number of pyridine rings is 3. The molecule has 8 aromatic carbocycles. The zero-order valence-corrected chi connectivity index (χ0v) is 76.9. The molecule has 0 fully saturated rings. The van der Waals surface area contributed by atoms with E-state index in [-0.39, 0.29) is 107 Å². The maximum atomic E-state index is 14.2. The zero-order chi connectivity index (χ0) is 96.1. The second-order valence-corrected chi connectivity index (χ2v) is 31.5. The lowest BCUT2D eigenvalue weighted by molar-refractivity contribution is -0.121. The number of nitrogens with zero attached hydrogens (tertiary/aromatic N) is 3. The summed E-state index contributed by atoms with van der Waals surface area (Å²) < 4.78 is 81.4. The summed E-state index contributed by atoms with van der Waals surface area (Å²) in [5.41, 5.74) is 23.7. The highest BCUT2D eigenvalue weighted by Gasteiger charge is 2.32. The number of aromatic nitrogens is 3.